The number of amides is 1. The second-order valence-corrected chi connectivity index (χ2v) is 7.40. The highest BCUT2D eigenvalue weighted by atomic mass is 16.5. The number of nitrogens with zero attached hydrogens (tertiary/aromatic N) is 4. The van der Waals surface area contributed by atoms with Gasteiger partial charge in [-0.25, -0.2) is 4.98 Å². The molecule has 146 valence electrons. The van der Waals surface area contributed by atoms with Crippen LogP contribution < -0.4 is 5.32 Å². The number of aromatic nitrogens is 3. The van der Waals surface area contributed by atoms with E-state index in [0.29, 0.717) is 11.5 Å². The predicted molar refractivity (Wildman–Crippen MR) is 105 cm³/mol. The van der Waals surface area contributed by atoms with Crippen molar-refractivity contribution in [3.63, 3.8) is 0 Å². The normalized spacial score (nSPS) is 20.2. The second kappa shape index (κ2) is 7.98. The van der Waals surface area contributed by atoms with Gasteiger partial charge in [0, 0.05) is 44.0 Å². The van der Waals surface area contributed by atoms with Crippen molar-refractivity contribution >= 4 is 5.91 Å². The number of benzene rings is 1. The van der Waals surface area contributed by atoms with Crippen LogP contribution in [0.3, 0.4) is 0 Å². The van der Waals surface area contributed by atoms with Gasteiger partial charge in [-0.1, -0.05) is 35.5 Å². The van der Waals surface area contributed by atoms with Gasteiger partial charge in [0.05, 0.1) is 6.54 Å². The van der Waals surface area contributed by atoms with E-state index in [0.717, 1.165) is 31.9 Å². The Morgan fingerprint density at radius 3 is 2.82 bits per heavy atom. The van der Waals surface area contributed by atoms with E-state index in [9.17, 15) is 4.79 Å². The lowest BCUT2D eigenvalue weighted by atomic mass is 9.85. The number of nitrogens with one attached hydrogen (secondary N) is 1. The van der Waals surface area contributed by atoms with Crippen LogP contribution in [0.4, 0.5) is 0 Å². The summed E-state index contributed by atoms with van der Waals surface area (Å²) in [6, 6.07) is 12.1. The Bertz CT molecular complexity index is 933. The van der Waals surface area contributed by atoms with Crippen LogP contribution in [0.25, 0.3) is 0 Å². The predicted octanol–water partition coefficient (Wildman–Crippen LogP) is 2.50. The zero-order valence-corrected chi connectivity index (χ0v) is 16.2. The number of carbonyl (C=O) groups excluding carboxylic acids is 1. The fourth-order valence-corrected chi connectivity index (χ4v) is 3.87. The van der Waals surface area contributed by atoms with Crippen molar-refractivity contribution in [2.24, 2.45) is 7.05 Å². The summed E-state index contributed by atoms with van der Waals surface area (Å²) in [5, 5.41) is 7.05. The zero-order valence-electron chi connectivity index (χ0n) is 16.2. The van der Waals surface area contributed by atoms with Gasteiger partial charge in [-0.05, 0) is 25.5 Å². The SMILES string of the molecule is Cc1cc(C(=O)N[C@H]2CN(Cc3nccn3C)CC[C@H]2c2ccccc2)no1. The maximum Gasteiger partial charge on any atom is 0.273 e. The van der Waals surface area contributed by atoms with Gasteiger partial charge in [0.1, 0.15) is 11.6 Å². The molecule has 28 heavy (non-hydrogen) atoms. The highest BCUT2D eigenvalue weighted by Gasteiger charge is 2.32. The highest BCUT2D eigenvalue weighted by Crippen LogP contribution is 2.29. The number of aryl methyl sites for hydroxylation is 2. The van der Waals surface area contributed by atoms with Crippen LogP contribution in [-0.2, 0) is 13.6 Å². The zero-order chi connectivity index (χ0) is 19.5. The van der Waals surface area contributed by atoms with Gasteiger partial charge in [-0.2, -0.15) is 0 Å². The largest absolute Gasteiger partial charge is 0.361 e. The van der Waals surface area contributed by atoms with E-state index in [1.54, 1.807) is 13.0 Å². The second-order valence-electron chi connectivity index (χ2n) is 7.40. The molecule has 1 aliphatic rings. The molecule has 0 saturated carbocycles. The molecule has 1 aromatic carbocycles. The van der Waals surface area contributed by atoms with Crippen molar-refractivity contribution in [3.8, 4) is 0 Å². The van der Waals surface area contributed by atoms with E-state index < -0.39 is 0 Å². The van der Waals surface area contributed by atoms with Crippen LogP contribution in [0.5, 0.6) is 0 Å². The van der Waals surface area contributed by atoms with Gasteiger partial charge < -0.3 is 14.4 Å². The molecule has 1 saturated heterocycles. The van der Waals surface area contributed by atoms with Crippen LogP contribution in [0.1, 0.15) is 40.0 Å². The van der Waals surface area contributed by atoms with E-state index in [1.165, 1.54) is 5.56 Å². The Morgan fingerprint density at radius 1 is 1.32 bits per heavy atom. The first-order valence-corrected chi connectivity index (χ1v) is 9.58. The molecule has 0 radical (unpaired) electrons. The van der Waals surface area contributed by atoms with Gasteiger partial charge >= 0.3 is 0 Å². The fraction of sp³-hybridized carbons (Fsp3) is 0.381. The van der Waals surface area contributed by atoms with Crippen LogP contribution >= 0.6 is 0 Å². The summed E-state index contributed by atoms with van der Waals surface area (Å²) >= 11 is 0. The molecule has 7 nitrogen and oxygen atoms in total. The monoisotopic (exact) mass is 379 g/mol. The summed E-state index contributed by atoms with van der Waals surface area (Å²) in [6.07, 6.45) is 4.74. The number of hydrogen-bond donors (Lipinski definition) is 1. The first-order chi connectivity index (χ1) is 13.6. The number of imidazole rings is 1. The summed E-state index contributed by atoms with van der Waals surface area (Å²) in [4.78, 5) is 19.5. The van der Waals surface area contributed by atoms with Crippen LogP contribution in [0.2, 0.25) is 0 Å². The molecule has 7 heteroatoms. The van der Waals surface area contributed by atoms with Crippen LogP contribution in [0.15, 0.2) is 53.3 Å². The highest BCUT2D eigenvalue weighted by molar-refractivity contribution is 5.92. The van der Waals surface area contributed by atoms with Gasteiger partial charge in [0.2, 0.25) is 0 Å². The molecular formula is C21H25N5O2. The van der Waals surface area contributed by atoms with Crippen molar-refractivity contribution in [3.05, 3.63) is 71.6 Å². The van der Waals surface area contributed by atoms with Crippen LogP contribution in [-0.4, -0.2) is 44.6 Å². The number of likely N-dealkylation sites (tertiary alicyclic amines) is 1. The van der Waals surface area contributed by atoms with Gasteiger partial charge in [-0.15, -0.1) is 0 Å². The molecule has 4 rings (SSSR count). The molecule has 1 fully saturated rings. The smallest absolute Gasteiger partial charge is 0.273 e. The number of hydrogen-bond acceptors (Lipinski definition) is 5. The standard InChI is InChI=1S/C21H25N5O2/c1-15-12-18(24-28-15)21(27)23-19-13-26(14-20-22-9-11-25(20)2)10-8-17(19)16-6-4-3-5-7-16/h3-7,9,11-12,17,19H,8,10,13-14H2,1-2H3,(H,23,27)/t17-,19-/m0/s1. The number of carbonyl (C=O) groups is 1. The van der Waals surface area contributed by atoms with Crippen molar-refractivity contribution in [2.75, 3.05) is 13.1 Å². The van der Waals surface area contributed by atoms with Gasteiger partial charge in [0.15, 0.2) is 5.69 Å². The molecule has 3 aromatic rings. The molecule has 2 aromatic heterocycles. The van der Waals surface area contributed by atoms with Crippen LogP contribution in [0, 0.1) is 6.92 Å². The Balaban J connectivity index is 1.52. The molecule has 0 aliphatic carbocycles. The molecule has 1 aliphatic heterocycles. The van der Waals surface area contributed by atoms with Crippen molar-refractivity contribution < 1.29 is 9.32 Å². The Hall–Kier alpha value is -2.93. The molecular weight excluding hydrogens is 354 g/mol. The molecule has 1 N–H and O–H groups in total. The van der Waals surface area contributed by atoms with Gasteiger partial charge in [0.25, 0.3) is 5.91 Å². The quantitative estimate of drug-likeness (QED) is 0.737. The average molecular weight is 379 g/mol. The average Bonchev–Trinajstić information content (AvgIpc) is 3.31. The minimum absolute atomic E-state index is 0.0130. The summed E-state index contributed by atoms with van der Waals surface area (Å²) in [6.45, 7) is 4.27. The van der Waals surface area contributed by atoms with E-state index in [2.05, 4.69) is 44.6 Å². The van der Waals surface area contributed by atoms with E-state index in [-0.39, 0.29) is 17.9 Å². The molecule has 0 bridgehead atoms. The molecule has 2 atom stereocenters. The molecule has 0 spiro atoms. The summed E-state index contributed by atoms with van der Waals surface area (Å²) in [7, 11) is 2.01. The minimum atomic E-state index is -0.193. The first-order valence-electron chi connectivity index (χ1n) is 9.58. The van der Waals surface area contributed by atoms with E-state index in [4.69, 9.17) is 4.52 Å². The number of rotatable bonds is 5. The van der Waals surface area contributed by atoms with Gasteiger partial charge in [-0.3, -0.25) is 9.69 Å². The number of piperidine rings is 1. The third kappa shape index (κ3) is 3.99. The third-order valence-corrected chi connectivity index (χ3v) is 5.39. The molecule has 3 heterocycles. The van der Waals surface area contributed by atoms with E-state index >= 15 is 0 Å². The summed E-state index contributed by atoms with van der Waals surface area (Å²) in [5.74, 6) is 1.72. The Morgan fingerprint density at radius 2 is 2.14 bits per heavy atom. The fourth-order valence-electron chi connectivity index (χ4n) is 3.87. The van der Waals surface area contributed by atoms with E-state index in [1.807, 2.05) is 30.1 Å². The lowest BCUT2D eigenvalue weighted by Gasteiger charge is -2.39. The molecule has 1 amide bonds. The summed E-state index contributed by atoms with van der Waals surface area (Å²) in [5.41, 5.74) is 1.58. The third-order valence-electron chi connectivity index (χ3n) is 5.39. The summed E-state index contributed by atoms with van der Waals surface area (Å²) < 4.78 is 7.10. The lowest BCUT2D eigenvalue weighted by Crippen LogP contribution is -2.51. The molecule has 0 unspecified atom stereocenters. The van der Waals surface area contributed by atoms with Crippen molar-refractivity contribution in [1.29, 1.82) is 0 Å². The Kier molecular flexibility index (Phi) is 5.25. The maximum absolute atomic E-state index is 12.7. The first kappa shape index (κ1) is 18.4. The lowest BCUT2D eigenvalue weighted by molar-refractivity contribution is 0.0872. The minimum Gasteiger partial charge on any atom is -0.361 e. The maximum atomic E-state index is 12.7. The van der Waals surface area contributed by atoms with Crippen molar-refractivity contribution in [1.82, 2.24) is 24.9 Å². The van der Waals surface area contributed by atoms with Crippen molar-refractivity contribution in [2.45, 2.75) is 31.8 Å². The Labute approximate surface area is 164 Å². The topological polar surface area (TPSA) is 76.2 Å².